The molecule has 2 aromatic rings. The Morgan fingerprint density at radius 1 is 1.16 bits per heavy atom. The van der Waals surface area contributed by atoms with Gasteiger partial charge in [-0.05, 0) is 42.3 Å². The highest BCUT2D eigenvalue weighted by molar-refractivity contribution is 7.92. The number of carbonyl (C=O) groups excluding carboxylic acids is 1. The molecular formula is C18H20N2O4S. The Balaban J connectivity index is 1.84. The number of rotatable bonds is 5. The van der Waals surface area contributed by atoms with Gasteiger partial charge in [0.15, 0.2) is 0 Å². The van der Waals surface area contributed by atoms with Crippen molar-refractivity contribution >= 4 is 21.6 Å². The summed E-state index contributed by atoms with van der Waals surface area (Å²) in [7, 11) is -3.72. The van der Waals surface area contributed by atoms with E-state index in [9.17, 15) is 13.2 Å². The van der Waals surface area contributed by atoms with Crippen molar-refractivity contribution < 1.29 is 17.9 Å². The Labute approximate surface area is 147 Å². The van der Waals surface area contributed by atoms with Gasteiger partial charge in [0.05, 0.1) is 17.0 Å². The Morgan fingerprint density at radius 3 is 2.64 bits per heavy atom. The Kier molecular flexibility index (Phi) is 4.94. The topological polar surface area (TPSA) is 84.5 Å². The first-order valence-electron chi connectivity index (χ1n) is 8.16. The maximum atomic E-state index is 12.5. The molecule has 132 valence electrons. The maximum absolute atomic E-state index is 12.5. The number of carbonyl (C=O) groups is 1. The molecule has 3 rings (SSSR count). The van der Waals surface area contributed by atoms with Gasteiger partial charge in [0.1, 0.15) is 12.4 Å². The molecule has 1 heterocycles. The molecule has 2 aromatic carbocycles. The SMILES string of the molecule is CCCc1ccc(S(=O)(=O)Nc2ccc3c(c2)C(=O)NCCO3)cc1. The van der Waals surface area contributed by atoms with Gasteiger partial charge in [-0.3, -0.25) is 9.52 Å². The second-order valence-corrected chi connectivity index (χ2v) is 7.50. The Bertz CT molecular complexity index is 876. The summed E-state index contributed by atoms with van der Waals surface area (Å²) in [6.07, 6.45) is 1.91. The van der Waals surface area contributed by atoms with Crippen LogP contribution in [0.25, 0.3) is 0 Å². The summed E-state index contributed by atoms with van der Waals surface area (Å²) in [6, 6.07) is 11.5. The fraction of sp³-hybridized carbons (Fsp3) is 0.278. The molecule has 0 spiro atoms. The van der Waals surface area contributed by atoms with E-state index in [2.05, 4.69) is 17.0 Å². The van der Waals surface area contributed by atoms with Crippen LogP contribution in [-0.4, -0.2) is 27.5 Å². The predicted molar refractivity (Wildman–Crippen MR) is 95.5 cm³/mol. The lowest BCUT2D eigenvalue weighted by molar-refractivity contribution is 0.0957. The van der Waals surface area contributed by atoms with Crippen LogP contribution in [0.5, 0.6) is 5.75 Å². The van der Waals surface area contributed by atoms with Gasteiger partial charge in [0.25, 0.3) is 15.9 Å². The zero-order valence-electron chi connectivity index (χ0n) is 13.9. The molecule has 2 N–H and O–H groups in total. The van der Waals surface area contributed by atoms with Crippen LogP contribution in [0.1, 0.15) is 29.3 Å². The molecule has 0 bridgehead atoms. The van der Waals surface area contributed by atoms with Gasteiger partial charge in [0.2, 0.25) is 0 Å². The molecule has 0 unspecified atom stereocenters. The Morgan fingerprint density at radius 2 is 1.92 bits per heavy atom. The molecule has 0 radical (unpaired) electrons. The van der Waals surface area contributed by atoms with E-state index in [1.165, 1.54) is 6.07 Å². The Hall–Kier alpha value is -2.54. The third kappa shape index (κ3) is 3.93. The molecule has 7 heteroatoms. The molecule has 1 amide bonds. The van der Waals surface area contributed by atoms with Crippen molar-refractivity contribution in [2.45, 2.75) is 24.7 Å². The molecule has 0 atom stereocenters. The lowest BCUT2D eigenvalue weighted by atomic mass is 10.1. The fourth-order valence-corrected chi connectivity index (χ4v) is 3.71. The van der Waals surface area contributed by atoms with Crippen LogP contribution < -0.4 is 14.8 Å². The average molecular weight is 360 g/mol. The lowest BCUT2D eigenvalue weighted by Crippen LogP contribution is -2.24. The second kappa shape index (κ2) is 7.14. The van der Waals surface area contributed by atoms with Crippen molar-refractivity contribution in [1.29, 1.82) is 0 Å². The van der Waals surface area contributed by atoms with Gasteiger partial charge in [-0.1, -0.05) is 25.5 Å². The van der Waals surface area contributed by atoms with Gasteiger partial charge < -0.3 is 10.1 Å². The summed E-state index contributed by atoms with van der Waals surface area (Å²) in [5.41, 5.74) is 1.73. The monoisotopic (exact) mass is 360 g/mol. The smallest absolute Gasteiger partial charge is 0.261 e. The highest BCUT2D eigenvalue weighted by atomic mass is 32.2. The van der Waals surface area contributed by atoms with E-state index in [0.717, 1.165) is 18.4 Å². The van der Waals surface area contributed by atoms with Crippen LogP contribution >= 0.6 is 0 Å². The van der Waals surface area contributed by atoms with Crippen molar-refractivity contribution in [1.82, 2.24) is 5.32 Å². The van der Waals surface area contributed by atoms with E-state index in [0.29, 0.717) is 30.2 Å². The van der Waals surface area contributed by atoms with Crippen molar-refractivity contribution in [2.75, 3.05) is 17.9 Å². The number of amides is 1. The number of hydrogen-bond acceptors (Lipinski definition) is 4. The lowest BCUT2D eigenvalue weighted by Gasteiger charge is -2.11. The third-order valence-corrected chi connectivity index (χ3v) is 5.29. The molecule has 1 aliphatic heterocycles. The number of sulfonamides is 1. The zero-order valence-corrected chi connectivity index (χ0v) is 14.7. The number of nitrogens with one attached hydrogen (secondary N) is 2. The molecule has 25 heavy (non-hydrogen) atoms. The van der Waals surface area contributed by atoms with E-state index >= 15 is 0 Å². The highest BCUT2D eigenvalue weighted by Gasteiger charge is 2.19. The summed E-state index contributed by atoms with van der Waals surface area (Å²) in [5.74, 6) is 0.166. The van der Waals surface area contributed by atoms with Gasteiger partial charge >= 0.3 is 0 Å². The summed E-state index contributed by atoms with van der Waals surface area (Å²) in [5, 5.41) is 2.70. The van der Waals surface area contributed by atoms with Crippen LogP contribution in [0, 0.1) is 0 Å². The van der Waals surface area contributed by atoms with Gasteiger partial charge in [-0.25, -0.2) is 8.42 Å². The molecule has 0 saturated heterocycles. The minimum Gasteiger partial charge on any atom is -0.491 e. The quantitative estimate of drug-likeness (QED) is 0.858. The number of ether oxygens (including phenoxy) is 1. The summed E-state index contributed by atoms with van der Waals surface area (Å²) in [6.45, 7) is 2.87. The molecule has 0 fully saturated rings. The number of hydrogen-bond donors (Lipinski definition) is 2. The van der Waals surface area contributed by atoms with Crippen molar-refractivity contribution in [3.05, 3.63) is 53.6 Å². The van der Waals surface area contributed by atoms with Crippen molar-refractivity contribution in [2.24, 2.45) is 0 Å². The summed E-state index contributed by atoms with van der Waals surface area (Å²) >= 11 is 0. The fourth-order valence-electron chi connectivity index (χ4n) is 2.66. The maximum Gasteiger partial charge on any atom is 0.261 e. The van der Waals surface area contributed by atoms with Crippen molar-refractivity contribution in [3.8, 4) is 5.75 Å². The second-order valence-electron chi connectivity index (χ2n) is 5.81. The van der Waals surface area contributed by atoms with Gasteiger partial charge in [-0.15, -0.1) is 0 Å². The van der Waals surface area contributed by atoms with Crippen LogP contribution in [0.4, 0.5) is 5.69 Å². The van der Waals surface area contributed by atoms with Crippen LogP contribution in [0.2, 0.25) is 0 Å². The zero-order chi connectivity index (χ0) is 17.9. The van der Waals surface area contributed by atoms with Crippen molar-refractivity contribution in [3.63, 3.8) is 0 Å². The summed E-state index contributed by atoms with van der Waals surface area (Å²) in [4.78, 5) is 12.2. The molecule has 0 aromatic heterocycles. The minimum atomic E-state index is -3.72. The number of fused-ring (bicyclic) bond motifs is 1. The first kappa shape index (κ1) is 17.3. The molecule has 6 nitrogen and oxygen atoms in total. The average Bonchev–Trinajstić information content (AvgIpc) is 2.77. The molecule has 0 aliphatic carbocycles. The normalized spacial score (nSPS) is 14.0. The van der Waals surface area contributed by atoms with Gasteiger partial charge in [-0.2, -0.15) is 0 Å². The van der Waals surface area contributed by atoms with Gasteiger partial charge in [0, 0.05) is 5.69 Å². The number of anilines is 1. The largest absolute Gasteiger partial charge is 0.491 e. The van der Waals surface area contributed by atoms with E-state index in [4.69, 9.17) is 4.74 Å². The minimum absolute atomic E-state index is 0.183. The van der Waals surface area contributed by atoms with E-state index in [1.807, 2.05) is 12.1 Å². The molecule has 0 saturated carbocycles. The summed E-state index contributed by atoms with van der Waals surface area (Å²) < 4.78 is 33.1. The highest BCUT2D eigenvalue weighted by Crippen LogP contribution is 2.26. The van der Waals surface area contributed by atoms with E-state index < -0.39 is 10.0 Å². The van der Waals surface area contributed by atoms with Crippen LogP contribution in [-0.2, 0) is 16.4 Å². The van der Waals surface area contributed by atoms with E-state index in [-0.39, 0.29) is 10.8 Å². The standard InChI is InChI=1S/C18H20N2O4S/c1-2-3-13-4-7-15(8-5-13)25(22,23)20-14-6-9-17-16(12-14)18(21)19-10-11-24-17/h4-9,12,20H,2-3,10-11H2,1H3,(H,19,21). The molecular weight excluding hydrogens is 340 g/mol. The predicted octanol–water partition coefficient (Wildman–Crippen LogP) is 2.56. The third-order valence-electron chi connectivity index (χ3n) is 3.89. The van der Waals surface area contributed by atoms with E-state index in [1.54, 1.807) is 24.3 Å². The first-order chi connectivity index (χ1) is 12.0. The first-order valence-corrected chi connectivity index (χ1v) is 9.65. The number of benzene rings is 2. The molecule has 1 aliphatic rings. The van der Waals surface area contributed by atoms with Crippen LogP contribution in [0.15, 0.2) is 47.4 Å². The van der Waals surface area contributed by atoms with Crippen LogP contribution in [0.3, 0.4) is 0 Å². The number of aryl methyl sites for hydroxylation is 1.